The SMILES string of the molecule is C[C@H]1[C@@H]2CCCO[C@@]23CCCC(=O)[C@@H]13. The Morgan fingerprint density at radius 1 is 1.43 bits per heavy atom. The van der Waals surface area contributed by atoms with Crippen molar-refractivity contribution >= 4 is 5.78 Å². The Morgan fingerprint density at radius 3 is 3.14 bits per heavy atom. The van der Waals surface area contributed by atoms with Crippen molar-refractivity contribution in [1.29, 1.82) is 0 Å². The van der Waals surface area contributed by atoms with Crippen molar-refractivity contribution in [2.24, 2.45) is 17.8 Å². The Hall–Kier alpha value is -0.370. The maximum atomic E-state index is 11.8. The van der Waals surface area contributed by atoms with Crippen LogP contribution in [0.3, 0.4) is 0 Å². The highest BCUT2D eigenvalue weighted by Gasteiger charge is 2.64. The molecule has 2 aliphatic carbocycles. The van der Waals surface area contributed by atoms with Crippen molar-refractivity contribution < 1.29 is 9.53 Å². The van der Waals surface area contributed by atoms with Gasteiger partial charge in [0.1, 0.15) is 5.78 Å². The lowest BCUT2D eigenvalue weighted by Gasteiger charge is -2.63. The van der Waals surface area contributed by atoms with E-state index >= 15 is 0 Å². The maximum absolute atomic E-state index is 11.8. The van der Waals surface area contributed by atoms with Gasteiger partial charge in [0.25, 0.3) is 0 Å². The molecular weight excluding hydrogens is 176 g/mol. The van der Waals surface area contributed by atoms with Crippen molar-refractivity contribution in [2.75, 3.05) is 6.61 Å². The predicted octanol–water partition coefficient (Wildman–Crippen LogP) is 2.17. The van der Waals surface area contributed by atoms with E-state index in [9.17, 15) is 4.79 Å². The Labute approximate surface area is 85.0 Å². The van der Waals surface area contributed by atoms with Crippen LogP contribution in [-0.4, -0.2) is 18.0 Å². The number of carbonyl (C=O) groups excluding carboxylic acids is 1. The van der Waals surface area contributed by atoms with Crippen LogP contribution in [0, 0.1) is 17.8 Å². The van der Waals surface area contributed by atoms with Crippen molar-refractivity contribution in [2.45, 2.75) is 44.6 Å². The second-order valence-electron chi connectivity index (χ2n) is 5.21. The largest absolute Gasteiger partial charge is 0.374 e. The van der Waals surface area contributed by atoms with Crippen LogP contribution in [0.4, 0.5) is 0 Å². The van der Waals surface area contributed by atoms with E-state index in [1.54, 1.807) is 0 Å². The van der Waals surface area contributed by atoms with E-state index in [1.165, 1.54) is 12.8 Å². The van der Waals surface area contributed by atoms with Gasteiger partial charge in [0.15, 0.2) is 0 Å². The Kier molecular flexibility index (Phi) is 1.79. The molecule has 2 saturated carbocycles. The molecule has 0 bridgehead atoms. The zero-order chi connectivity index (χ0) is 9.76. The molecule has 0 unspecified atom stereocenters. The van der Waals surface area contributed by atoms with Gasteiger partial charge < -0.3 is 4.74 Å². The van der Waals surface area contributed by atoms with Gasteiger partial charge in [0, 0.05) is 18.9 Å². The molecule has 3 fully saturated rings. The summed E-state index contributed by atoms with van der Waals surface area (Å²) in [6.07, 6.45) is 5.46. The zero-order valence-corrected chi connectivity index (χ0v) is 8.79. The van der Waals surface area contributed by atoms with E-state index in [2.05, 4.69) is 6.92 Å². The number of carbonyl (C=O) groups is 1. The van der Waals surface area contributed by atoms with Crippen molar-refractivity contribution in [3.63, 3.8) is 0 Å². The summed E-state index contributed by atoms with van der Waals surface area (Å²) in [5.41, 5.74) is 0.00694. The highest BCUT2D eigenvalue weighted by Crippen LogP contribution is 2.60. The summed E-state index contributed by atoms with van der Waals surface area (Å²) in [7, 11) is 0. The lowest BCUT2D eigenvalue weighted by atomic mass is 9.47. The van der Waals surface area contributed by atoms with Gasteiger partial charge in [-0.1, -0.05) is 6.92 Å². The normalized spacial score (nSPS) is 51.8. The van der Waals surface area contributed by atoms with Gasteiger partial charge in [-0.05, 0) is 37.5 Å². The minimum Gasteiger partial charge on any atom is -0.374 e. The first-order valence-electron chi connectivity index (χ1n) is 5.92. The number of ether oxygens (including phenoxy) is 1. The monoisotopic (exact) mass is 194 g/mol. The molecule has 1 saturated heterocycles. The third-order valence-corrected chi connectivity index (χ3v) is 4.68. The first-order valence-corrected chi connectivity index (χ1v) is 5.92. The fourth-order valence-electron chi connectivity index (χ4n) is 4.18. The third-order valence-electron chi connectivity index (χ3n) is 4.68. The highest BCUT2D eigenvalue weighted by molar-refractivity contribution is 5.85. The molecule has 0 N–H and O–H groups in total. The second-order valence-corrected chi connectivity index (χ2v) is 5.21. The van der Waals surface area contributed by atoms with E-state index in [0.717, 1.165) is 25.9 Å². The summed E-state index contributed by atoms with van der Waals surface area (Å²) in [4.78, 5) is 11.8. The van der Waals surface area contributed by atoms with E-state index < -0.39 is 0 Å². The summed E-state index contributed by atoms with van der Waals surface area (Å²) in [6.45, 7) is 3.12. The predicted molar refractivity (Wildman–Crippen MR) is 52.9 cm³/mol. The Morgan fingerprint density at radius 2 is 2.29 bits per heavy atom. The molecule has 1 aliphatic heterocycles. The standard InChI is InChI=1S/C12H18O2/c1-8-9-4-3-7-14-12(9)6-2-5-10(13)11(8)12/h8-9,11H,2-7H2,1H3/t8-,9-,11+,12-/m0/s1. The minimum absolute atomic E-state index is 0.00694. The number of rotatable bonds is 0. The smallest absolute Gasteiger partial charge is 0.139 e. The summed E-state index contributed by atoms with van der Waals surface area (Å²) in [5.74, 6) is 2.00. The van der Waals surface area contributed by atoms with Crippen LogP contribution in [0.5, 0.6) is 0 Å². The number of ketones is 1. The molecule has 0 aromatic rings. The van der Waals surface area contributed by atoms with E-state index in [4.69, 9.17) is 4.74 Å². The van der Waals surface area contributed by atoms with Gasteiger partial charge in [-0.3, -0.25) is 4.79 Å². The van der Waals surface area contributed by atoms with Crippen LogP contribution < -0.4 is 0 Å². The molecule has 2 nitrogen and oxygen atoms in total. The lowest BCUT2D eigenvalue weighted by Crippen LogP contribution is -2.68. The van der Waals surface area contributed by atoms with E-state index in [-0.39, 0.29) is 11.5 Å². The summed E-state index contributed by atoms with van der Waals surface area (Å²) < 4.78 is 5.99. The molecule has 3 aliphatic rings. The first kappa shape index (κ1) is 8.90. The third kappa shape index (κ3) is 0.881. The molecule has 78 valence electrons. The molecule has 14 heavy (non-hydrogen) atoms. The summed E-state index contributed by atoms with van der Waals surface area (Å²) >= 11 is 0. The molecular formula is C12H18O2. The van der Waals surface area contributed by atoms with Crippen molar-refractivity contribution in [3.05, 3.63) is 0 Å². The molecule has 0 radical (unpaired) electrons. The fraction of sp³-hybridized carbons (Fsp3) is 0.917. The van der Waals surface area contributed by atoms with Crippen molar-refractivity contribution in [3.8, 4) is 0 Å². The number of hydrogen-bond donors (Lipinski definition) is 0. The van der Waals surface area contributed by atoms with Crippen LogP contribution in [0.1, 0.15) is 39.0 Å². The minimum atomic E-state index is 0.00694. The average Bonchev–Trinajstić information content (AvgIpc) is 2.16. The molecule has 0 aromatic carbocycles. The van der Waals surface area contributed by atoms with Crippen molar-refractivity contribution in [1.82, 2.24) is 0 Å². The van der Waals surface area contributed by atoms with Crippen LogP contribution in [-0.2, 0) is 9.53 Å². The topological polar surface area (TPSA) is 26.3 Å². The zero-order valence-electron chi connectivity index (χ0n) is 8.79. The Balaban J connectivity index is 1.92. The van der Waals surface area contributed by atoms with Crippen LogP contribution in [0.25, 0.3) is 0 Å². The second kappa shape index (κ2) is 2.82. The molecule has 1 heterocycles. The molecule has 0 amide bonds. The van der Waals surface area contributed by atoms with Gasteiger partial charge in [0.05, 0.1) is 5.60 Å². The van der Waals surface area contributed by atoms with Crippen LogP contribution in [0.15, 0.2) is 0 Å². The lowest BCUT2D eigenvalue weighted by molar-refractivity contribution is -0.254. The number of Topliss-reactive ketones (excluding diaryl/α,β-unsaturated/α-hetero) is 1. The van der Waals surface area contributed by atoms with Gasteiger partial charge in [0.2, 0.25) is 0 Å². The van der Waals surface area contributed by atoms with Crippen LogP contribution in [0.2, 0.25) is 0 Å². The fourth-order valence-corrected chi connectivity index (χ4v) is 4.18. The van der Waals surface area contributed by atoms with Gasteiger partial charge in [-0.2, -0.15) is 0 Å². The van der Waals surface area contributed by atoms with Gasteiger partial charge in [-0.25, -0.2) is 0 Å². The summed E-state index contributed by atoms with van der Waals surface area (Å²) in [5, 5.41) is 0. The van der Waals surface area contributed by atoms with Crippen LogP contribution >= 0.6 is 0 Å². The van der Waals surface area contributed by atoms with Gasteiger partial charge >= 0.3 is 0 Å². The number of hydrogen-bond acceptors (Lipinski definition) is 2. The Bertz CT molecular complexity index is 269. The average molecular weight is 194 g/mol. The molecule has 1 spiro atoms. The first-order chi connectivity index (χ1) is 6.76. The summed E-state index contributed by atoms with van der Waals surface area (Å²) in [6, 6.07) is 0. The quantitative estimate of drug-likeness (QED) is 0.590. The molecule has 0 aromatic heterocycles. The molecule has 4 atom stereocenters. The molecule has 3 rings (SSSR count). The molecule has 2 heteroatoms. The highest BCUT2D eigenvalue weighted by atomic mass is 16.5. The van der Waals surface area contributed by atoms with E-state index in [0.29, 0.717) is 17.6 Å². The maximum Gasteiger partial charge on any atom is 0.139 e. The van der Waals surface area contributed by atoms with E-state index in [1.807, 2.05) is 0 Å². The van der Waals surface area contributed by atoms with Gasteiger partial charge in [-0.15, -0.1) is 0 Å².